The molecule has 1 aliphatic carbocycles. The summed E-state index contributed by atoms with van der Waals surface area (Å²) in [7, 11) is 0. The molecule has 2 atom stereocenters. The average Bonchev–Trinajstić information content (AvgIpc) is 2.41. The Morgan fingerprint density at radius 1 is 1.42 bits per heavy atom. The Kier molecular flexibility index (Phi) is 4.75. The quantitative estimate of drug-likeness (QED) is 0.823. The van der Waals surface area contributed by atoms with Crippen molar-refractivity contribution in [1.29, 1.82) is 0 Å². The maximum atomic E-state index is 14.0. The third kappa shape index (κ3) is 3.44. The van der Waals surface area contributed by atoms with Crippen molar-refractivity contribution in [3.63, 3.8) is 0 Å². The van der Waals surface area contributed by atoms with Gasteiger partial charge in [-0.1, -0.05) is 38.4 Å². The largest absolute Gasteiger partial charge is 0.389 e. The highest BCUT2D eigenvalue weighted by Crippen LogP contribution is 2.30. The molecule has 0 spiro atoms. The number of rotatable bonds is 4. The zero-order valence-corrected chi connectivity index (χ0v) is 12.1. The van der Waals surface area contributed by atoms with Crippen LogP contribution in [0.5, 0.6) is 0 Å². The van der Waals surface area contributed by atoms with Crippen molar-refractivity contribution in [2.75, 3.05) is 5.32 Å². The minimum absolute atomic E-state index is 0.231. The highest BCUT2D eigenvalue weighted by atomic mass is 32.1. The summed E-state index contributed by atoms with van der Waals surface area (Å²) in [5, 5.41) is 3.36. The zero-order valence-electron chi connectivity index (χ0n) is 11.3. The van der Waals surface area contributed by atoms with Gasteiger partial charge in [-0.3, -0.25) is 0 Å². The first-order valence-corrected chi connectivity index (χ1v) is 7.38. The van der Waals surface area contributed by atoms with E-state index in [-0.39, 0.29) is 10.8 Å². The van der Waals surface area contributed by atoms with Gasteiger partial charge in [-0.15, -0.1) is 0 Å². The Morgan fingerprint density at radius 3 is 2.79 bits per heavy atom. The minimum Gasteiger partial charge on any atom is -0.389 e. The summed E-state index contributed by atoms with van der Waals surface area (Å²) in [6.07, 6.45) is 6.01. The number of halogens is 1. The molecule has 0 amide bonds. The van der Waals surface area contributed by atoms with E-state index < -0.39 is 0 Å². The van der Waals surface area contributed by atoms with Gasteiger partial charge in [-0.05, 0) is 37.0 Å². The molecule has 19 heavy (non-hydrogen) atoms. The predicted molar refractivity (Wildman–Crippen MR) is 81.9 cm³/mol. The predicted octanol–water partition coefficient (Wildman–Crippen LogP) is 3.84. The molecule has 0 saturated heterocycles. The topological polar surface area (TPSA) is 38.0 Å². The summed E-state index contributed by atoms with van der Waals surface area (Å²) < 4.78 is 14.0. The molecular formula is C15H21FN2S. The van der Waals surface area contributed by atoms with Crippen molar-refractivity contribution in [2.45, 2.75) is 45.1 Å². The van der Waals surface area contributed by atoms with Crippen molar-refractivity contribution in [1.82, 2.24) is 0 Å². The van der Waals surface area contributed by atoms with Crippen LogP contribution in [0.2, 0.25) is 0 Å². The smallest absolute Gasteiger partial charge is 0.146 e. The molecule has 4 heteroatoms. The fourth-order valence-electron chi connectivity index (χ4n) is 2.87. The monoisotopic (exact) mass is 280 g/mol. The number of hydrogen-bond acceptors (Lipinski definition) is 2. The molecule has 2 nitrogen and oxygen atoms in total. The Hall–Kier alpha value is -1.16. The number of nitrogens with two attached hydrogens (primary N) is 1. The van der Waals surface area contributed by atoms with Crippen LogP contribution in [-0.4, -0.2) is 11.0 Å². The van der Waals surface area contributed by atoms with E-state index in [0.717, 1.165) is 12.8 Å². The first kappa shape index (κ1) is 14.3. The van der Waals surface area contributed by atoms with E-state index in [1.165, 1.54) is 25.3 Å². The molecule has 0 heterocycles. The van der Waals surface area contributed by atoms with Crippen LogP contribution < -0.4 is 11.1 Å². The van der Waals surface area contributed by atoms with E-state index in [0.29, 0.717) is 23.2 Å². The normalized spacial score (nSPS) is 23.1. The second kappa shape index (κ2) is 6.33. The summed E-state index contributed by atoms with van der Waals surface area (Å²) in [4.78, 5) is 0.231. The standard InChI is InChI=1S/C15H21FN2S/c1-2-10-5-3-4-6-13(10)18-14-8-7-11(15(17)19)9-12(14)16/h7-10,13,18H,2-6H2,1H3,(H2,17,19). The maximum absolute atomic E-state index is 14.0. The maximum Gasteiger partial charge on any atom is 0.146 e. The summed E-state index contributed by atoms with van der Waals surface area (Å²) in [5.74, 6) is 0.370. The van der Waals surface area contributed by atoms with Crippen molar-refractivity contribution in [3.05, 3.63) is 29.6 Å². The third-order valence-electron chi connectivity index (χ3n) is 4.03. The number of nitrogens with one attached hydrogen (secondary N) is 1. The van der Waals surface area contributed by atoms with Crippen molar-refractivity contribution in [3.8, 4) is 0 Å². The van der Waals surface area contributed by atoms with Crippen molar-refractivity contribution < 1.29 is 4.39 Å². The van der Waals surface area contributed by atoms with Gasteiger partial charge in [0, 0.05) is 11.6 Å². The SMILES string of the molecule is CCC1CCCCC1Nc1ccc(C(N)=S)cc1F. The highest BCUT2D eigenvalue weighted by Gasteiger charge is 2.24. The Bertz CT molecular complexity index is 461. The van der Waals surface area contributed by atoms with E-state index in [1.54, 1.807) is 12.1 Å². The summed E-state index contributed by atoms with van der Waals surface area (Å²) in [6, 6.07) is 5.31. The van der Waals surface area contributed by atoms with Gasteiger partial charge in [0.1, 0.15) is 10.8 Å². The lowest BCUT2D eigenvalue weighted by Crippen LogP contribution is -2.32. The Balaban J connectivity index is 2.11. The molecule has 1 saturated carbocycles. The number of benzene rings is 1. The molecule has 104 valence electrons. The molecular weight excluding hydrogens is 259 g/mol. The molecule has 0 bridgehead atoms. The van der Waals surface area contributed by atoms with E-state index in [1.807, 2.05) is 0 Å². The molecule has 0 aliphatic heterocycles. The number of anilines is 1. The molecule has 2 unspecified atom stereocenters. The summed E-state index contributed by atoms with van der Waals surface area (Å²) in [5.41, 5.74) is 6.64. The van der Waals surface area contributed by atoms with E-state index >= 15 is 0 Å². The first-order valence-electron chi connectivity index (χ1n) is 6.97. The Morgan fingerprint density at radius 2 is 2.16 bits per heavy atom. The molecule has 0 aromatic heterocycles. The van der Waals surface area contributed by atoms with Crippen LogP contribution in [0.15, 0.2) is 18.2 Å². The lowest BCUT2D eigenvalue weighted by atomic mass is 9.83. The second-order valence-corrected chi connectivity index (χ2v) is 5.70. The van der Waals surface area contributed by atoms with Crippen molar-refractivity contribution in [2.24, 2.45) is 11.7 Å². The van der Waals surface area contributed by atoms with Gasteiger partial charge in [-0.2, -0.15) is 0 Å². The average molecular weight is 280 g/mol. The van der Waals surface area contributed by atoms with E-state index in [2.05, 4.69) is 12.2 Å². The minimum atomic E-state index is -0.272. The number of hydrogen-bond donors (Lipinski definition) is 2. The fourth-order valence-corrected chi connectivity index (χ4v) is 3.00. The molecule has 1 fully saturated rings. The molecule has 1 aromatic carbocycles. The third-order valence-corrected chi connectivity index (χ3v) is 4.26. The van der Waals surface area contributed by atoms with E-state index in [9.17, 15) is 4.39 Å². The summed E-state index contributed by atoms with van der Waals surface area (Å²) in [6.45, 7) is 2.21. The van der Waals surface area contributed by atoms with Gasteiger partial charge < -0.3 is 11.1 Å². The summed E-state index contributed by atoms with van der Waals surface area (Å²) >= 11 is 4.85. The Labute approximate surface area is 119 Å². The first-order chi connectivity index (χ1) is 9.11. The van der Waals surface area contributed by atoms with Crippen molar-refractivity contribution >= 4 is 22.9 Å². The van der Waals surface area contributed by atoms with Crippen LogP contribution in [0, 0.1) is 11.7 Å². The van der Waals surface area contributed by atoms with Crippen LogP contribution in [0.25, 0.3) is 0 Å². The molecule has 2 rings (SSSR count). The highest BCUT2D eigenvalue weighted by molar-refractivity contribution is 7.80. The fraction of sp³-hybridized carbons (Fsp3) is 0.533. The van der Waals surface area contributed by atoms with Crippen LogP contribution in [-0.2, 0) is 0 Å². The molecule has 3 N–H and O–H groups in total. The van der Waals surface area contributed by atoms with Gasteiger partial charge in [0.15, 0.2) is 0 Å². The lowest BCUT2D eigenvalue weighted by Gasteiger charge is -2.32. The van der Waals surface area contributed by atoms with Crippen LogP contribution in [0.1, 0.15) is 44.6 Å². The molecule has 1 aliphatic rings. The van der Waals surface area contributed by atoms with Crippen LogP contribution >= 0.6 is 12.2 Å². The van der Waals surface area contributed by atoms with Gasteiger partial charge in [0.2, 0.25) is 0 Å². The van der Waals surface area contributed by atoms with Gasteiger partial charge in [0.05, 0.1) is 5.69 Å². The molecule has 0 radical (unpaired) electrons. The number of thiocarbonyl (C=S) groups is 1. The zero-order chi connectivity index (χ0) is 13.8. The van der Waals surface area contributed by atoms with Gasteiger partial charge >= 0.3 is 0 Å². The van der Waals surface area contributed by atoms with Gasteiger partial charge in [0.25, 0.3) is 0 Å². The van der Waals surface area contributed by atoms with Crippen LogP contribution in [0.3, 0.4) is 0 Å². The van der Waals surface area contributed by atoms with E-state index in [4.69, 9.17) is 18.0 Å². The van der Waals surface area contributed by atoms with Gasteiger partial charge in [-0.25, -0.2) is 4.39 Å². The second-order valence-electron chi connectivity index (χ2n) is 5.26. The molecule has 1 aromatic rings. The lowest BCUT2D eigenvalue weighted by molar-refractivity contribution is 0.316. The van der Waals surface area contributed by atoms with Crippen LogP contribution in [0.4, 0.5) is 10.1 Å².